The number of aromatic nitrogens is 1. The summed E-state index contributed by atoms with van der Waals surface area (Å²) in [5.74, 6) is 0.858. The summed E-state index contributed by atoms with van der Waals surface area (Å²) in [6.45, 7) is 3.53. The van der Waals surface area contributed by atoms with E-state index in [1.807, 2.05) is 31.3 Å². The minimum absolute atomic E-state index is 0.213. The van der Waals surface area contributed by atoms with Gasteiger partial charge in [-0.05, 0) is 42.7 Å². The summed E-state index contributed by atoms with van der Waals surface area (Å²) >= 11 is 0. The van der Waals surface area contributed by atoms with Crippen LogP contribution in [0.3, 0.4) is 0 Å². The van der Waals surface area contributed by atoms with Gasteiger partial charge in [0.2, 0.25) is 0 Å². The van der Waals surface area contributed by atoms with E-state index in [1.54, 1.807) is 7.11 Å². The summed E-state index contributed by atoms with van der Waals surface area (Å²) in [4.78, 5) is 6.68. The van der Waals surface area contributed by atoms with Crippen molar-refractivity contribution in [1.29, 1.82) is 0 Å². The van der Waals surface area contributed by atoms with E-state index in [2.05, 4.69) is 28.1 Å². The summed E-state index contributed by atoms with van der Waals surface area (Å²) in [6, 6.07) is 12.4. The zero-order valence-corrected chi connectivity index (χ0v) is 13.1. The van der Waals surface area contributed by atoms with Gasteiger partial charge in [0.25, 0.3) is 0 Å². The van der Waals surface area contributed by atoms with Gasteiger partial charge in [-0.1, -0.05) is 18.2 Å². The molecular formula is C18H22N2O2. The second-order valence-electron chi connectivity index (χ2n) is 5.86. The number of nitrogens with zero attached hydrogens (tertiary/aromatic N) is 2. The Balaban J connectivity index is 1.84. The Hall–Kier alpha value is -1.91. The van der Waals surface area contributed by atoms with E-state index in [1.165, 1.54) is 11.1 Å². The SMILES string of the molecule is COc1cccc([C@@H]2C[C@H](O)CN2Cc2cccnc2C)c1. The van der Waals surface area contributed by atoms with Crippen molar-refractivity contribution < 1.29 is 9.84 Å². The highest BCUT2D eigenvalue weighted by Gasteiger charge is 2.32. The van der Waals surface area contributed by atoms with Crippen molar-refractivity contribution in [2.24, 2.45) is 0 Å². The molecule has 0 aliphatic carbocycles. The molecule has 0 amide bonds. The molecule has 2 heterocycles. The summed E-state index contributed by atoms with van der Waals surface area (Å²) < 4.78 is 5.32. The molecule has 0 bridgehead atoms. The van der Waals surface area contributed by atoms with E-state index in [9.17, 15) is 5.11 Å². The van der Waals surface area contributed by atoms with Crippen molar-refractivity contribution in [3.8, 4) is 5.75 Å². The highest BCUT2D eigenvalue weighted by molar-refractivity contribution is 5.31. The molecule has 1 N–H and O–H groups in total. The number of β-amino-alcohol motifs (C(OH)–C–C–N with tert-alkyl or cyclic N) is 1. The molecule has 1 aromatic carbocycles. The third-order valence-corrected chi connectivity index (χ3v) is 4.35. The van der Waals surface area contributed by atoms with Crippen LogP contribution in [0.4, 0.5) is 0 Å². The molecule has 0 unspecified atom stereocenters. The maximum atomic E-state index is 10.1. The van der Waals surface area contributed by atoms with Gasteiger partial charge in [-0.3, -0.25) is 9.88 Å². The van der Waals surface area contributed by atoms with E-state index in [0.29, 0.717) is 6.54 Å². The number of rotatable bonds is 4. The first-order valence-corrected chi connectivity index (χ1v) is 7.64. The Morgan fingerprint density at radius 1 is 1.32 bits per heavy atom. The fourth-order valence-electron chi connectivity index (χ4n) is 3.15. The molecule has 2 atom stereocenters. The van der Waals surface area contributed by atoms with E-state index in [4.69, 9.17) is 4.74 Å². The zero-order chi connectivity index (χ0) is 15.5. The van der Waals surface area contributed by atoms with Gasteiger partial charge < -0.3 is 9.84 Å². The average molecular weight is 298 g/mol. The number of ether oxygens (including phenoxy) is 1. The predicted molar refractivity (Wildman–Crippen MR) is 85.7 cm³/mol. The van der Waals surface area contributed by atoms with Gasteiger partial charge >= 0.3 is 0 Å². The average Bonchev–Trinajstić information content (AvgIpc) is 2.90. The van der Waals surface area contributed by atoms with Crippen LogP contribution in [0.25, 0.3) is 0 Å². The van der Waals surface area contributed by atoms with Crippen LogP contribution >= 0.6 is 0 Å². The molecule has 22 heavy (non-hydrogen) atoms. The maximum Gasteiger partial charge on any atom is 0.119 e. The Morgan fingerprint density at radius 2 is 2.18 bits per heavy atom. The van der Waals surface area contributed by atoms with Crippen molar-refractivity contribution in [2.45, 2.75) is 32.0 Å². The molecule has 1 aromatic heterocycles. The predicted octanol–water partition coefficient (Wildman–Crippen LogP) is 2.71. The van der Waals surface area contributed by atoms with E-state index < -0.39 is 0 Å². The number of methoxy groups -OCH3 is 1. The van der Waals surface area contributed by atoms with E-state index in [0.717, 1.165) is 24.4 Å². The van der Waals surface area contributed by atoms with Gasteiger partial charge in [0, 0.05) is 31.0 Å². The molecular weight excluding hydrogens is 276 g/mol. The largest absolute Gasteiger partial charge is 0.497 e. The number of aliphatic hydroxyl groups excluding tert-OH is 1. The van der Waals surface area contributed by atoms with Crippen molar-refractivity contribution >= 4 is 0 Å². The quantitative estimate of drug-likeness (QED) is 0.942. The summed E-state index contributed by atoms with van der Waals surface area (Å²) in [5, 5.41) is 10.1. The van der Waals surface area contributed by atoms with Crippen LogP contribution in [0.1, 0.15) is 29.3 Å². The molecule has 0 radical (unpaired) electrons. The highest BCUT2D eigenvalue weighted by Crippen LogP contribution is 2.34. The molecule has 1 aliphatic heterocycles. The van der Waals surface area contributed by atoms with Gasteiger partial charge in [-0.15, -0.1) is 0 Å². The summed E-state index contributed by atoms with van der Waals surface area (Å²) in [5.41, 5.74) is 3.45. The first kappa shape index (κ1) is 15.0. The molecule has 2 aromatic rings. The van der Waals surface area contributed by atoms with Crippen LogP contribution < -0.4 is 4.74 Å². The standard InChI is InChI=1S/C18H22N2O2/c1-13-15(6-4-8-19-13)11-20-12-16(21)10-18(20)14-5-3-7-17(9-14)22-2/h3-9,16,18,21H,10-12H2,1-2H3/t16-,18-/m0/s1. The molecule has 1 fully saturated rings. The fourth-order valence-corrected chi connectivity index (χ4v) is 3.15. The first-order valence-electron chi connectivity index (χ1n) is 7.64. The first-order chi connectivity index (χ1) is 10.7. The fraction of sp³-hybridized carbons (Fsp3) is 0.389. The van der Waals surface area contributed by atoms with Gasteiger partial charge in [0.1, 0.15) is 5.75 Å². The topological polar surface area (TPSA) is 45.6 Å². The molecule has 1 saturated heterocycles. The Morgan fingerprint density at radius 3 is 2.95 bits per heavy atom. The van der Waals surface area contributed by atoms with Crippen molar-refractivity contribution in [3.05, 3.63) is 59.4 Å². The van der Waals surface area contributed by atoms with Gasteiger partial charge in [-0.2, -0.15) is 0 Å². The van der Waals surface area contributed by atoms with Gasteiger partial charge in [0.05, 0.1) is 13.2 Å². The molecule has 0 saturated carbocycles. The van der Waals surface area contributed by atoms with E-state index >= 15 is 0 Å². The lowest BCUT2D eigenvalue weighted by molar-refractivity contribution is 0.172. The summed E-state index contributed by atoms with van der Waals surface area (Å²) in [6.07, 6.45) is 2.29. The normalized spacial score (nSPS) is 22.0. The van der Waals surface area contributed by atoms with Crippen molar-refractivity contribution in [1.82, 2.24) is 9.88 Å². The van der Waals surface area contributed by atoms with Crippen LogP contribution in [0.2, 0.25) is 0 Å². The van der Waals surface area contributed by atoms with Gasteiger partial charge in [0.15, 0.2) is 0 Å². The van der Waals surface area contributed by atoms with Gasteiger partial charge in [-0.25, -0.2) is 0 Å². The van der Waals surface area contributed by atoms with Crippen LogP contribution in [-0.2, 0) is 6.54 Å². The smallest absolute Gasteiger partial charge is 0.119 e. The lowest BCUT2D eigenvalue weighted by Gasteiger charge is -2.25. The number of likely N-dealkylation sites (tertiary alicyclic amines) is 1. The van der Waals surface area contributed by atoms with Crippen LogP contribution in [0.5, 0.6) is 5.75 Å². The van der Waals surface area contributed by atoms with E-state index in [-0.39, 0.29) is 12.1 Å². The summed E-state index contributed by atoms with van der Waals surface area (Å²) in [7, 11) is 1.68. The number of hydrogen-bond donors (Lipinski definition) is 1. The lowest BCUT2D eigenvalue weighted by Crippen LogP contribution is -2.24. The number of pyridine rings is 1. The minimum atomic E-state index is -0.284. The maximum absolute atomic E-state index is 10.1. The molecule has 0 spiro atoms. The number of benzene rings is 1. The Labute approximate surface area is 131 Å². The van der Waals surface area contributed by atoms with Crippen LogP contribution in [0.15, 0.2) is 42.6 Å². The zero-order valence-electron chi connectivity index (χ0n) is 13.1. The van der Waals surface area contributed by atoms with Crippen molar-refractivity contribution in [3.63, 3.8) is 0 Å². The van der Waals surface area contributed by atoms with Crippen molar-refractivity contribution in [2.75, 3.05) is 13.7 Å². The minimum Gasteiger partial charge on any atom is -0.497 e. The second kappa shape index (κ2) is 6.46. The third-order valence-electron chi connectivity index (χ3n) is 4.35. The third kappa shape index (κ3) is 3.13. The monoisotopic (exact) mass is 298 g/mol. The number of hydrogen-bond acceptors (Lipinski definition) is 4. The van der Waals surface area contributed by atoms with Crippen LogP contribution in [-0.4, -0.2) is 34.7 Å². The van der Waals surface area contributed by atoms with Crippen LogP contribution in [0, 0.1) is 6.92 Å². The molecule has 116 valence electrons. The lowest BCUT2D eigenvalue weighted by atomic mass is 10.0. The molecule has 3 rings (SSSR count). The molecule has 1 aliphatic rings. The Kier molecular flexibility index (Phi) is 4.41. The second-order valence-corrected chi connectivity index (χ2v) is 5.86. The number of aryl methyl sites for hydroxylation is 1. The molecule has 4 heteroatoms. The number of aliphatic hydroxyl groups is 1. The highest BCUT2D eigenvalue weighted by atomic mass is 16.5. The Bertz CT molecular complexity index is 644. The molecule has 4 nitrogen and oxygen atoms in total.